The number of hydrogen-bond acceptors (Lipinski definition) is 4. The van der Waals surface area contributed by atoms with Gasteiger partial charge in [0.2, 0.25) is 5.91 Å². The molecule has 0 saturated carbocycles. The summed E-state index contributed by atoms with van der Waals surface area (Å²) in [5.41, 5.74) is 2.41. The first-order chi connectivity index (χ1) is 14.6. The zero-order valence-corrected chi connectivity index (χ0v) is 17.9. The van der Waals surface area contributed by atoms with Crippen molar-refractivity contribution in [2.24, 2.45) is 0 Å². The van der Waals surface area contributed by atoms with E-state index in [-0.39, 0.29) is 18.0 Å². The van der Waals surface area contributed by atoms with Gasteiger partial charge in [0.25, 0.3) is 5.56 Å². The fourth-order valence-electron chi connectivity index (χ4n) is 3.62. The Morgan fingerprint density at radius 1 is 1.10 bits per heavy atom. The fraction of sp³-hybridized carbons (Fsp3) is 0.261. The van der Waals surface area contributed by atoms with Gasteiger partial charge >= 0.3 is 0 Å². The molecule has 0 unspecified atom stereocenters. The van der Waals surface area contributed by atoms with Crippen molar-refractivity contribution in [3.05, 3.63) is 76.3 Å². The van der Waals surface area contributed by atoms with Crippen LogP contribution in [-0.4, -0.2) is 32.9 Å². The average Bonchev–Trinajstić information content (AvgIpc) is 3.16. The highest BCUT2D eigenvalue weighted by Gasteiger charge is 2.15. The lowest BCUT2D eigenvalue weighted by molar-refractivity contribution is -0.121. The molecular formula is C23H24N4O2S. The van der Waals surface area contributed by atoms with Crippen LogP contribution in [0.15, 0.2) is 64.3 Å². The Balaban J connectivity index is 1.50. The summed E-state index contributed by atoms with van der Waals surface area (Å²) >= 11 is 1.70. The zero-order chi connectivity index (χ0) is 21.1. The molecule has 0 aliphatic heterocycles. The minimum atomic E-state index is -0.258. The minimum Gasteiger partial charge on any atom is -0.354 e. The normalized spacial score (nSPS) is 11.3. The Bertz CT molecular complexity index is 1260. The van der Waals surface area contributed by atoms with E-state index in [9.17, 15) is 9.59 Å². The molecule has 2 aromatic carbocycles. The van der Waals surface area contributed by atoms with Gasteiger partial charge in [-0.3, -0.25) is 14.0 Å². The lowest BCUT2D eigenvalue weighted by Gasteiger charge is -2.10. The number of nitrogens with zero attached hydrogens (tertiary/aromatic N) is 3. The van der Waals surface area contributed by atoms with E-state index < -0.39 is 0 Å². The number of amides is 1. The average molecular weight is 421 g/mol. The summed E-state index contributed by atoms with van der Waals surface area (Å²) in [6.07, 6.45) is 3.44. The molecule has 0 aliphatic carbocycles. The lowest BCUT2D eigenvalue weighted by atomic mass is 10.1. The largest absolute Gasteiger partial charge is 0.354 e. The predicted molar refractivity (Wildman–Crippen MR) is 121 cm³/mol. The van der Waals surface area contributed by atoms with Gasteiger partial charge in [0.1, 0.15) is 17.9 Å². The van der Waals surface area contributed by atoms with Gasteiger partial charge in [-0.25, -0.2) is 4.68 Å². The van der Waals surface area contributed by atoms with Crippen molar-refractivity contribution < 1.29 is 4.79 Å². The van der Waals surface area contributed by atoms with Gasteiger partial charge in [0, 0.05) is 23.2 Å². The van der Waals surface area contributed by atoms with Gasteiger partial charge in [0.15, 0.2) is 0 Å². The van der Waals surface area contributed by atoms with Crippen LogP contribution in [0.1, 0.15) is 18.3 Å². The number of para-hydroxylation sites is 1. The molecular weight excluding hydrogens is 396 g/mol. The number of aromatic nitrogens is 3. The molecule has 0 spiro atoms. The Morgan fingerprint density at radius 3 is 2.60 bits per heavy atom. The fourth-order valence-corrected chi connectivity index (χ4v) is 4.03. The van der Waals surface area contributed by atoms with Gasteiger partial charge in [-0.15, -0.1) is 11.8 Å². The maximum Gasteiger partial charge on any atom is 0.291 e. The van der Waals surface area contributed by atoms with E-state index in [0.29, 0.717) is 18.5 Å². The molecule has 4 rings (SSSR count). The predicted octanol–water partition coefficient (Wildman–Crippen LogP) is 3.29. The summed E-state index contributed by atoms with van der Waals surface area (Å²) in [5.74, 6) is 0.542. The molecule has 0 bridgehead atoms. The van der Waals surface area contributed by atoms with Gasteiger partial charge in [-0.05, 0) is 42.5 Å². The number of rotatable bonds is 7. The number of benzene rings is 2. The van der Waals surface area contributed by atoms with Crippen LogP contribution < -0.4 is 10.9 Å². The summed E-state index contributed by atoms with van der Waals surface area (Å²) in [5, 5.41) is 8.35. The Kier molecular flexibility index (Phi) is 5.90. The molecule has 154 valence electrons. The smallest absolute Gasteiger partial charge is 0.291 e. The topological polar surface area (TPSA) is 68.4 Å². The van der Waals surface area contributed by atoms with Gasteiger partial charge < -0.3 is 5.32 Å². The summed E-state index contributed by atoms with van der Waals surface area (Å²) in [6, 6.07) is 18.0. The molecule has 4 aromatic rings. The van der Waals surface area contributed by atoms with Crippen LogP contribution in [0.4, 0.5) is 0 Å². The van der Waals surface area contributed by atoms with Gasteiger partial charge in [-0.2, -0.15) is 5.10 Å². The first-order valence-corrected chi connectivity index (χ1v) is 11.2. The second kappa shape index (κ2) is 8.75. The second-order valence-electron chi connectivity index (χ2n) is 7.10. The Hall–Kier alpha value is -3.06. The van der Waals surface area contributed by atoms with E-state index in [4.69, 9.17) is 0 Å². The number of thioether (sulfide) groups is 1. The molecule has 2 aromatic heterocycles. The highest BCUT2D eigenvalue weighted by Crippen LogP contribution is 2.19. The number of carbonyl (C=O) groups is 1. The zero-order valence-electron chi connectivity index (χ0n) is 17.1. The molecule has 0 aliphatic rings. The van der Waals surface area contributed by atoms with Crippen LogP contribution in [0.3, 0.4) is 0 Å². The summed E-state index contributed by atoms with van der Waals surface area (Å²) in [4.78, 5) is 26.6. The van der Waals surface area contributed by atoms with Crippen molar-refractivity contribution in [3.63, 3.8) is 0 Å². The SMILES string of the molecule is CCc1nn(CC(=O)NCCc2ccc(SC)cc2)c(=O)c2cc3ccccc3n12. The molecule has 2 heterocycles. The number of nitrogens with one attached hydrogen (secondary N) is 1. The highest BCUT2D eigenvalue weighted by atomic mass is 32.2. The van der Waals surface area contributed by atoms with E-state index in [1.54, 1.807) is 11.8 Å². The molecule has 0 saturated heterocycles. The van der Waals surface area contributed by atoms with Crippen molar-refractivity contribution in [1.82, 2.24) is 19.5 Å². The molecule has 1 N–H and O–H groups in total. The number of hydrogen-bond donors (Lipinski definition) is 1. The molecule has 1 amide bonds. The van der Waals surface area contributed by atoms with Crippen LogP contribution in [0.5, 0.6) is 0 Å². The lowest BCUT2D eigenvalue weighted by Crippen LogP contribution is -2.36. The van der Waals surface area contributed by atoms with E-state index in [0.717, 1.165) is 28.7 Å². The van der Waals surface area contributed by atoms with Crippen molar-refractivity contribution in [1.29, 1.82) is 0 Å². The van der Waals surface area contributed by atoms with Crippen LogP contribution in [0.2, 0.25) is 0 Å². The third-order valence-corrected chi connectivity index (χ3v) is 5.91. The molecule has 7 heteroatoms. The summed E-state index contributed by atoms with van der Waals surface area (Å²) < 4.78 is 3.17. The van der Waals surface area contributed by atoms with Gasteiger partial charge in [0.05, 0.1) is 5.52 Å². The van der Waals surface area contributed by atoms with Crippen LogP contribution >= 0.6 is 11.8 Å². The minimum absolute atomic E-state index is 0.0880. The monoisotopic (exact) mass is 420 g/mol. The van der Waals surface area contributed by atoms with E-state index in [1.807, 2.05) is 47.9 Å². The number of fused-ring (bicyclic) bond motifs is 3. The number of aryl methyl sites for hydroxylation is 1. The van der Waals surface area contributed by atoms with E-state index in [2.05, 4.69) is 34.7 Å². The third kappa shape index (κ3) is 3.98. The first-order valence-electron chi connectivity index (χ1n) is 10.0. The van der Waals surface area contributed by atoms with Crippen LogP contribution in [-0.2, 0) is 24.2 Å². The van der Waals surface area contributed by atoms with Crippen molar-refractivity contribution in [2.75, 3.05) is 12.8 Å². The maximum atomic E-state index is 13.0. The van der Waals surface area contributed by atoms with E-state index >= 15 is 0 Å². The molecule has 0 fully saturated rings. The molecule has 6 nitrogen and oxygen atoms in total. The van der Waals surface area contributed by atoms with Crippen LogP contribution in [0.25, 0.3) is 16.4 Å². The standard InChI is InChI=1S/C23H24N4O2S/c1-3-21-25-26(23(29)20-14-17-6-4-5-7-19(17)27(20)21)15-22(28)24-13-12-16-8-10-18(30-2)11-9-16/h4-11,14H,3,12-13,15H2,1-2H3,(H,24,28). The van der Waals surface area contributed by atoms with Crippen molar-refractivity contribution in [2.45, 2.75) is 31.2 Å². The summed E-state index contributed by atoms with van der Waals surface area (Å²) in [6.45, 7) is 2.42. The van der Waals surface area contributed by atoms with Crippen molar-refractivity contribution >= 4 is 34.1 Å². The Labute approximate surface area is 178 Å². The van der Waals surface area contributed by atoms with E-state index in [1.165, 1.54) is 9.58 Å². The van der Waals surface area contributed by atoms with Crippen molar-refractivity contribution in [3.8, 4) is 0 Å². The first kappa shape index (κ1) is 20.2. The molecule has 0 radical (unpaired) electrons. The van der Waals surface area contributed by atoms with Gasteiger partial charge in [-0.1, -0.05) is 37.3 Å². The summed E-state index contributed by atoms with van der Waals surface area (Å²) in [7, 11) is 0. The maximum absolute atomic E-state index is 13.0. The number of carbonyl (C=O) groups excluding carboxylic acids is 1. The quantitative estimate of drug-likeness (QED) is 0.466. The van der Waals surface area contributed by atoms with Crippen LogP contribution in [0, 0.1) is 0 Å². The molecule has 0 atom stereocenters. The second-order valence-corrected chi connectivity index (χ2v) is 7.98. The highest BCUT2D eigenvalue weighted by molar-refractivity contribution is 7.98. The third-order valence-electron chi connectivity index (χ3n) is 5.16. The Morgan fingerprint density at radius 2 is 1.87 bits per heavy atom. The molecule has 30 heavy (non-hydrogen) atoms.